The van der Waals surface area contributed by atoms with Crippen LogP contribution in [-0.2, 0) is 0 Å². The number of aromatic nitrogens is 4. The lowest BCUT2D eigenvalue weighted by Crippen LogP contribution is -2.03. The van der Waals surface area contributed by atoms with Crippen molar-refractivity contribution >= 4 is 17.3 Å². The van der Waals surface area contributed by atoms with Gasteiger partial charge in [0.25, 0.3) is 0 Å². The van der Waals surface area contributed by atoms with Gasteiger partial charge >= 0.3 is 0 Å². The van der Waals surface area contributed by atoms with Crippen LogP contribution in [0.25, 0.3) is 17.1 Å². The Hall–Kier alpha value is -2.47. The van der Waals surface area contributed by atoms with Crippen LogP contribution in [0.3, 0.4) is 0 Å². The molecule has 0 aliphatic rings. The first-order chi connectivity index (χ1) is 10.1. The third-order valence-electron chi connectivity index (χ3n) is 3.11. The fourth-order valence-electron chi connectivity index (χ4n) is 2.10. The number of benzene rings is 2. The van der Waals surface area contributed by atoms with Gasteiger partial charge in [-0.2, -0.15) is 4.68 Å². The number of anilines is 1. The maximum atomic E-state index is 13.5. The maximum absolute atomic E-state index is 13.5. The van der Waals surface area contributed by atoms with E-state index in [1.807, 2.05) is 6.92 Å². The van der Waals surface area contributed by atoms with Crippen molar-refractivity contribution in [3.05, 3.63) is 52.8 Å². The maximum Gasteiger partial charge on any atom is 0.189 e. The first-order valence-electron chi connectivity index (χ1n) is 6.16. The van der Waals surface area contributed by atoms with Crippen molar-refractivity contribution in [2.75, 3.05) is 5.73 Å². The molecular weight excluding hydrogens is 293 g/mol. The zero-order chi connectivity index (χ0) is 15.0. The molecule has 21 heavy (non-hydrogen) atoms. The summed E-state index contributed by atoms with van der Waals surface area (Å²) in [5, 5.41) is 12.2. The van der Waals surface area contributed by atoms with E-state index in [-0.39, 0.29) is 0 Å². The van der Waals surface area contributed by atoms with E-state index in [2.05, 4.69) is 15.5 Å². The molecule has 0 bridgehead atoms. The fourth-order valence-corrected chi connectivity index (χ4v) is 2.32. The van der Waals surface area contributed by atoms with Crippen LogP contribution >= 0.6 is 11.6 Å². The van der Waals surface area contributed by atoms with Gasteiger partial charge in [-0.1, -0.05) is 11.6 Å². The van der Waals surface area contributed by atoms with Gasteiger partial charge in [0, 0.05) is 16.3 Å². The Morgan fingerprint density at radius 1 is 1.19 bits per heavy atom. The molecule has 0 amide bonds. The summed E-state index contributed by atoms with van der Waals surface area (Å²) in [4.78, 5) is 0. The van der Waals surface area contributed by atoms with Crippen molar-refractivity contribution in [3.8, 4) is 17.1 Å². The number of nitrogen functional groups attached to an aromatic ring is 1. The van der Waals surface area contributed by atoms with Crippen molar-refractivity contribution in [1.82, 2.24) is 20.2 Å². The van der Waals surface area contributed by atoms with Crippen LogP contribution in [0.1, 0.15) is 5.56 Å². The molecule has 3 aromatic rings. The topological polar surface area (TPSA) is 69.6 Å². The summed E-state index contributed by atoms with van der Waals surface area (Å²) in [5.41, 5.74) is 8.38. The SMILES string of the molecule is Cc1cc(Cl)ccc1-n1nnnc1-c1cc(F)ccc1N. The summed E-state index contributed by atoms with van der Waals surface area (Å²) in [6.45, 7) is 1.89. The highest BCUT2D eigenvalue weighted by Crippen LogP contribution is 2.27. The first-order valence-corrected chi connectivity index (χ1v) is 6.54. The van der Waals surface area contributed by atoms with E-state index in [4.69, 9.17) is 17.3 Å². The van der Waals surface area contributed by atoms with Crippen LogP contribution in [-0.4, -0.2) is 20.2 Å². The molecule has 0 aliphatic heterocycles. The molecule has 0 aliphatic carbocycles. The van der Waals surface area contributed by atoms with Crippen LogP contribution in [0.5, 0.6) is 0 Å². The van der Waals surface area contributed by atoms with Crippen molar-refractivity contribution in [2.24, 2.45) is 0 Å². The third kappa shape index (κ3) is 2.45. The Kier molecular flexibility index (Phi) is 3.31. The molecule has 0 saturated carbocycles. The van der Waals surface area contributed by atoms with Crippen LogP contribution in [0.4, 0.5) is 10.1 Å². The van der Waals surface area contributed by atoms with Gasteiger partial charge in [-0.05, 0) is 59.3 Å². The number of rotatable bonds is 2. The van der Waals surface area contributed by atoms with E-state index in [1.54, 1.807) is 18.2 Å². The number of hydrogen-bond donors (Lipinski definition) is 1. The zero-order valence-electron chi connectivity index (χ0n) is 11.1. The smallest absolute Gasteiger partial charge is 0.189 e. The highest BCUT2D eigenvalue weighted by Gasteiger charge is 2.15. The number of nitrogens with two attached hydrogens (primary N) is 1. The lowest BCUT2D eigenvalue weighted by molar-refractivity contribution is 0.628. The predicted octanol–water partition coefficient (Wildman–Crippen LogP) is 3.01. The first kappa shape index (κ1) is 13.5. The van der Waals surface area contributed by atoms with Gasteiger partial charge in [-0.25, -0.2) is 4.39 Å². The standard InChI is InChI=1S/C14H11ClFN5/c1-8-6-9(15)2-5-13(8)21-14(18-19-20-21)11-7-10(16)3-4-12(11)17/h2-7H,17H2,1H3. The molecule has 106 valence electrons. The fraction of sp³-hybridized carbons (Fsp3) is 0.0714. The summed E-state index contributed by atoms with van der Waals surface area (Å²) < 4.78 is 15.0. The average molecular weight is 304 g/mol. The van der Waals surface area contributed by atoms with E-state index >= 15 is 0 Å². The Bertz CT molecular complexity index is 815. The van der Waals surface area contributed by atoms with Crippen molar-refractivity contribution < 1.29 is 4.39 Å². The summed E-state index contributed by atoms with van der Waals surface area (Å²) >= 11 is 5.95. The quantitative estimate of drug-likeness (QED) is 0.739. The molecule has 7 heteroatoms. The number of tetrazole rings is 1. The minimum absolute atomic E-state index is 0.373. The lowest BCUT2D eigenvalue weighted by Gasteiger charge is -2.09. The van der Waals surface area contributed by atoms with E-state index in [1.165, 1.54) is 22.9 Å². The number of nitrogens with zero attached hydrogens (tertiary/aromatic N) is 4. The molecule has 0 radical (unpaired) electrons. The number of hydrogen-bond acceptors (Lipinski definition) is 4. The average Bonchev–Trinajstić information content (AvgIpc) is 2.90. The highest BCUT2D eigenvalue weighted by molar-refractivity contribution is 6.30. The summed E-state index contributed by atoms with van der Waals surface area (Å²) in [6.07, 6.45) is 0. The van der Waals surface area contributed by atoms with Gasteiger partial charge in [0.1, 0.15) is 5.82 Å². The highest BCUT2D eigenvalue weighted by atomic mass is 35.5. The minimum atomic E-state index is -0.401. The molecule has 0 spiro atoms. The zero-order valence-corrected chi connectivity index (χ0v) is 11.8. The van der Waals surface area contributed by atoms with E-state index in [9.17, 15) is 4.39 Å². The monoisotopic (exact) mass is 303 g/mol. The Morgan fingerprint density at radius 3 is 2.76 bits per heavy atom. The second-order valence-corrected chi connectivity index (χ2v) is 5.01. The second kappa shape index (κ2) is 5.14. The minimum Gasteiger partial charge on any atom is -0.398 e. The molecule has 0 saturated heterocycles. The molecule has 0 unspecified atom stereocenters. The van der Waals surface area contributed by atoms with E-state index in [0.717, 1.165) is 11.3 Å². The van der Waals surface area contributed by atoms with E-state index < -0.39 is 5.82 Å². The van der Waals surface area contributed by atoms with Gasteiger partial charge in [0.15, 0.2) is 5.82 Å². The predicted molar refractivity (Wildman–Crippen MR) is 78.7 cm³/mol. The molecule has 1 aromatic heterocycles. The normalized spacial score (nSPS) is 10.8. The molecule has 2 aromatic carbocycles. The third-order valence-corrected chi connectivity index (χ3v) is 3.35. The summed E-state index contributed by atoms with van der Waals surface area (Å²) in [6, 6.07) is 9.43. The molecule has 0 atom stereocenters. The van der Waals surface area contributed by atoms with Gasteiger partial charge in [-0.3, -0.25) is 0 Å². The molecule has 3 rings (SSSR count). The van der Waals surface area contributed by atoms with Crippen LogP contribution in [0, 0.1) is 12.7 Å². The summed E-state index contributed by atoms with van der Waals surface area (Å²) in [7, 11) is 0. The van der Waals surface area contributed by atoms with Crippen molar-refractivity contribution in [2.45, 2.75) is 6.92 Å². The second-order valence-electron chi connectivity index (χ2n) is 4.58. The Balaban J connectivity index is 2.19. The Labute approximate surface area is 125 Å². The number of aryl methyl sites for hydroxylation is 1. The van der Waals surface area contributed by atoms with Crippen LogP contribution < -0.4 is 5.73 Å². The summed E-state index contributed by atoms with van der Waals surface area (Å²) in [5.74, 6) is -0.0287. The van der Waals surface area contributed by atoms with Crippen LogP contribution in [0.15, 0.2) is 36.4 Å². The van der Waals surface area contributed by atoms with Gasteiger partial charge in [-0.15, -0.1) is 5.10 Å². The number of halogens is 2. The molecule has 1 heterocycles. The van der Waals surface area contributed by atoms with Crippen molar-refractivity contribution in [1.29, 1.82) is 0 Å². The van der Waals surface area contributed by atoms with Crippen LogP contribution in [0.2, 0.25) is 5.02 Å². The molecular formula is C14H11ClFN5. The van der Waals surface area contributed by atoms with Gasteiger partial charge in [0.2, 0.25) is 0 Å². The molecule has 0 fully saturated rings. The lowest BCUT2D eigenvalue weighted by atomic mass is 10.1. The van der Waals surface area contributed by atoms with E-state index in [0.29, 0.717) is 22.1 Å². The van der Waals surface area contributed by atoms with Gasteiger partial charge < -0.3 is 5.73 Å². The largest absolute Gasteiger partial charge is 0.398 e. The van der Waals surface area contributed by atoms with Gasteiger partial charge in [0.05, 0.1) is 5.69 Å². The van der Waals surface area contributed by atoms with Crippen molar-refractivity contribution in [3.63, 3.8) is 0 Å². The molecule has 2 N–H and O–H groups in total. The Morgan fingerprint density at radius 2 is 2.00 bits per heavy atom. The molecule has 5 nitrogen and oxygen atoms in total.